The van der Waals surface area contributed by atoms with E-state index < -0.39 is 0 Å². The Morgan fingerprint density at radius 3 is 3.17 bits per heavy atom. The first-order valence-corrected chi connectivity index (χ1v) is 6.33. The van der Waals surface area contributed by atoms with Gasteiger partial charge in [0.1, 0.15) is 0 Å². The molecular formula is C13H22N4O. The van der Waals surface area contributed by atoms with Crippen molar-refractivity contribution < 1.29 is 4.74 Å². The largest absolute Gasteiger partial charge is 0.382 e. The summed E-state index contributed by atoms with van der Waals surface area (Å²) in [6.07, 6.45) is 5.42. The summed E-state index contributed by atoms with van der Waals surface area (Å²) >= 11 is 0. The lowest BCUT2D eigenvalue weighted by Crippen LogP contribution is -2.33. The highest BCUT2D eigenvalue weighted by Crippen LogP contribution is 1.95. The Balaban J connectivity index is 2.09. The number of hydrogen-bond donors (Lipinski definition) is 2. The lowest BCUT2D eigenvalue weighted by atomic mass is 10.2. The Kier molecular flexibility index (Phi) is 7.55. The molecule has 18 heavy (non-hydrogen) atoms. The van der Waals surface area contributed by atoms with Gasteiger partial charge in [0.2, 0.25) is 0 Å². The number of rotatable bonds is 8. The van der Waals surface area contributed by atoms with Crippen molar-refractivity contribution in [3.05, 3.63) is 30.1 Å². The monoisotopic (exact) mass is 250 g/mol. The number of guanidine groups is 1. The van der Waals surface area contributed by atoms with Crippen LogP contribution in [0.5, 0.6) is 0 Å². The van der Waals surface area contributed by atoms with Gasteiger partial charge in [-0.3, -0.25) is 9.98 Å². The van der Waals surface area contributed by atoms with Gasteiger partial charge in [-0.05, 0) is 31.4 Å². The van der Waals surface area contributed by atoms with Crippen molar-refractivity contribution in [2.45, 2.75) is 19.8 Å². The van der Waals surface area contributed by atoms with E-state index in [-0.39, 0.29) is 0 Å². The summed E-state index contributed by atoms with van der Waals surface area (Å²) in [5, 5.41) is 3.08. The molecule has 0 aliphatic heterocycles. The van der Waals surface area contributed by atoms with E-state index >= 15 is 0 Å². The quantitative estimate of drug-likeness (QED) is 0.409. The highest BCUT2D eigenvalue weighted by atomic mass is 16.5. The molecular weight excluding hydrogens is 228 g/mol. The second-order valence-electron chi connectivity index (χ2n) is 3.86. The van der Waals surface area contributed by atoms with E-state index in [1.54, 1.807) is 6.20 Å². The van der Waals surface area contributed by atoms with Gasteiger partial charge in [-0.25, -0.2) is 0 Å². The predicted molar refractivity (Wildman–Crippen MR) is 73.5 cm³/mol. The molecule has 1 aromatic rings. The second kappa shape index (κ2) is 9.41. The Bertz CT molecular complexity index is 340. The maximum Gasteiger partial charge on any atom is 0.188 e. The molecule has 5 heteroatoms. The van der Waals surface area contributed by atoms with Crippen molar-refractivity contribution in [3.8, 4) is 0 Å². The summed E-state index contributed by atoms with van der Waals surface area (Å²) in [5.41, 5.74) is 6.92. The van der Waals surface area contributed by atoms with Crippen LogP contribution in [0.3, 0.4) is 0 Å². The van der Waals surface area contributed by atoms with Crippen molar-refractivity contribution in [3.63, 3.8) is 0 Å². The summed E-state index contributed by atoms with van der Waals surface area (Å²) in [6.45, 7) is 4.95. The molecule has 0 amide bonds. The van der Waals surface area contributed by atoms with Gasteiger partial charge in [0.05, 0.1) is 0 Å². The molecule has 0 aliphatic carbocycles. The average molecular weight is 250 g/mol. The van der Waals surface area contributed by atoms with E-state index in [4.69, 9.17) is 10.5 Å². The molecule has 1 rings (SSSR count). The molecule has 0 bridgehead atoms. The first-order valence-electron chi connectivity index (χ1n) is 6.33. The third-order valence-corrected chi connectivity index (χ3v) is 2.38. The normalized spacial score (nSPS) is 11.5. The van der Waals surface area contributed by atoms with Crippen LogP contribution in [-0.2, 0) is 11.2 Å². The van der Waals surface area contributed by atoms with Crippen molar-refractivity contribution in [2.75, 3.05) is 26.3 Å². The molecule has 5 nitrogen and oxygen atoms in total. The van der Waals surface area contributed by atoms with Gasteiger partial charge in [-0.15, -0.1) is 0 Å². The van der Waals surface area contributed by atoms with E-state index in [0.717, 1.165) is 32.6 Å². The molecule has 0 atom stereocenters. The van der Waals surface area contributed by atoms with E-state index in [9.17, 15) is 0 Å². The highest BCUT2D eigenvalue weighted by Gasteiger charge is 1.94. The summed E-state index contributed by atoms with van der Waals surface area (Å²) in [7, 11) is 0. The van der Waals surface area contributed by atoms with E-state index in [0.29, 0.717) is 12.5 Å². The molecule has 0 radical (unpaired) electrons. The third-order valence-electron chi connectivity index (χ3n) is 2.38. The number of pyridine rings is 1. The van der Waals surface area contributed by atoms with Crippen LogP contribution >= 0.6 is 0 Å². The number of nitrogens with one attached hydrogen (secondary N) is 1. The molecule has 0 fully saturated rings. The molecule has 0 aliphatic rings. The molecule has 0 spiro atoms. The van der Waals surface area contributed by atoms with Crippen molar-refractivity contribution in [1.82, 2.24) is 10.3 Å². The van der Waals surface area contributed by atoms with Gasteiger partial charge in [0.15, 0.2) is 5.96 Å². The fourth-order valence-electron chi connectivity index (χ4n) is 1.45. The van der Waals surface area contributed by atoms with E-state index in [1.165, 1.54) is 5.56 Å². The zero-order chi connectivity index (χ0) is 13.1. The summed E-state index contributed by atoms with van der Waals surface area (Å²) in [6, 6.07) is 3.98. The van der Waals surface area contributed by atoms with Crippen LogP contribution in [0.2, 0.25) is 0 Å². The summed E-state index contributed by atoms with van der Waals surface area (Å²) < 4.78 is 5.22. The van der Waals surface area contributed by atoms with Crippen LogP contribution in [0, 0.1) is 0 Å². The number of ether oxygens (including phenoxy) is 1. The zero-order valence-corrected chi connectivity index (χ0v) is 10.9. The highest BCUT2D eigenvalue weighted by molar-refractivity contribution is 5.77. The van der Waals surface area contributed by atoms with Crippen LogP contribution in [-0.4, -0.2) is 37.2 Å². The molecule has 1 aromatic heterocycles. The van der Waals surface area contributed by atoms with Gasteiger partial charge in [0, 0.05) is 38.7 Å². The Morgan fingerprint density at radius 2 is 2.44 bits per heavy atom. The summed E-state index contributed by atoms with van der Waals surface area (Å²) in [4.78, 5) is 8.27. The molecule has 0 unspecified atom stereocenters. The lowest BCUT2D eigenvalue weighted by Gasteiger charge is -2.05. The second-order valence-corrected chi connectivity index (χ2v) is 3.86. The van der Waals surface area contributed by atoms with Crippen molar-refractivity contribution >= 4 is 5.96 Å². The zero-order valence-electron chi connectivity index (χ0n) is 10.9. The maximum atomic E-state index is 5.74. The van der Waals surface area contributed by atoms with Crippen LogP contribution in [0.25, 0.3) is 0 Å². The van der Waals surface area contributed by atoms with Crippen LogP contribution < -0.4 is 11.1 Å². The average Bonchev–Trinajstić information content (AvgIpc) is 2.40. The van der Waals surface area contributed by atoms with Crippen molar-refractivity contribution in [1.29, 1.82) is 0 Å². The fourth-order valence-corrected chi connectivity index (χ4v) is 1.45. The minimum absolute atomic E-state index is 0.496. The number of hydrogen-bond acceptors (Lipinski definition) is 3. The molecule has 100 valence electrons. The number of aliphatic imine (C=N–C) groups is 1. The van der Waals surface area contributed by atoms with Gasteiger partial charge in [-0.1, -0.05) is 6.07 Å². The van der Waals surface area contributed by atoms with Gasteiger partial charge >= 0.3 is 0 Å². The number of aromatic nitrogens is 1. The molecule has 0 aromatic carbocycles. The minimum atomic E-state index is 0.496. The molecule has 0 saturated carbocycles. The van der Waals surface area contributed by atoms with E-state index in [2.05, 4.69) is 15.3 Å². The summed E-state index contributed by atoms with van der Waals surface area (Å²) in [5.74, 6) is 0.496. The Morgan fingerprint density at radius 1 is 1.56 bits per heavy atom. The molecule has 0 saturated heterocycles. The van der Waals surface area contributed by atoms with E-state index in [1.807, 2.05) is 25.3 Å². The maximum absolute atomic E-state index is 5.74. The third kappa shape index (κ3) is 6.85. The topological polar surface area (TPSA) is 72.5 Å². The Hall–Kier alpha value is -1.62. The van der Waals surface area contributed by atoms with Crippen LogP contribution in [0.4, 0.5) is 0 Å². The van der Waals surface area contributed by atoms with Crippen molar-refractivity contribution in [2.24, 2.45) is 10.7 Å². The van der Waals surface area contributed by atoms with Gasteiger partial charge < -0.3 is 15.8 Å². The first kappa shape index (κ1) is 14.4. The lowest BCUT2D eigenvalue weighted by molar-refractivity contribution is 0.146. The number of nitrogens with zero attached hydrogens (tertiary/aromatic N) is 2. The van der Waals surface area contributed by atoms with Crippen LogP contribution in [0.15, 0.2) is 29.5 Å². The van der Waals surface area contributed by atoms with Crippen LogP contribution in [0.1, 0.15) is 18.9 Å². The SMILES string of the molecule is CCOCCCN=C(N)NCCc1cccnc1. The first-order chi connectivity index (χ1) is 8.83. The molecule has 3 N–H and O–H groups in total. The minimum Gasteiger partial charge on any atom is -0.382 e. The van der Waals surface area contributed by atoms with Gasteiger partial charge in [0.25, 0.3) is 0 Å². The Labute approximate surface area is 108 Å². The predicted octanol–water partition coefficient (Wildman–Crippen LogP) is 0.955. The number of nitrogens with two attached hydrogens (primary N) is 1. The molecule has 1 heterocycles. The smallest absolute Gasteiger partial charge is 0.188 e. The fraction of sp³-hybridized carbons (Fsp3) is 0.538. The van der Waals surface area contributed by atoms with Gasteiger partial charge in [-0.2, -0.15) is 0 Å². The standard InChI is InChI=1S/C13H22N4O/c1-2-18-10-4-8-16-13(14)17-9-6-12-5-3-7-15-11-12/h3,5,7,11H,2,4,6,8-10H2,1H3,(H3,14,16,17).